The van der Waals surface area contributed by atoms with Crippen LogP contribution in [-0.4, -0.2) is 18.7 Å². The van der Waals surface area contributed by atoms with Gasteiger partial charge < -0.3 is 9.47 Å². The van der Waals surface area contributed by atoms with Crippen molar-refractivity contribution in [1.82, 2.24) is 0 Å². The molecule has 0 spiro atoms. The molecule has 1 aliphatic carbocycles. The molecular weight excluding hydrogens is 232 g/mol. The zero-order valence-electron chi connectivity index (χ0n) is 10.5. The van der Waals surface area contributed by atoms with E-state index >= 15 is 0 Å². The third-order valence-corrected chi connectivity index (χ3v) is 3.20. The lowest BCUT2D eigenvalue weighted by Gasteiger charge is -2.07. The largest absolute Gasteiger partial charge is 0.428 e. The quantitative estimate of drug-likeness (QED) is 0.606. The normalized spacial score (nSPS) is 20.0. The van der Waals surface area contributed by atoms with Gasteiger partial charge in [-0.15, -0.1) is 0 Å². The first-order chi connectivity index (χ1) is 8.50. The standard InChI is InChI=1S/C14H16O4/c1-14(2)8-11(14)13(16)18-9-17-12(15)10-6-4-3-5-7-10/h3-7,11H,8-9H2,1-2H3. The monoisotopic (exact) mass is 248 g/mol. The van der Waals surface area contributed by atoms with Gasteiger partial charge in [-0.1, -0.05) is 32.0 Å². The van der Waals surface area contributed by atoms with E-state index in [1.54, 1.807) is 24.3 Å². The Labute approximate surface area is 106 Å². The summed E-state index contributed by atoms with van der Waals surface area (Å²) in [6.07, 6.45) is 0.832. The summed E-state index contributed by atoms with van der Waals surface area (Å²) in [6.45, 7) is 3.70. The number of hydrogen-bond donors (Lipinski definition) is 0. The average molecular weight is 248 g/mol. The van der Waals surface area contributed by atoms with E-state index in [2.05, 4.69) is 0 Å². The minimum atomic E-state index is -0.488. The van der Waals surface area contributed by atoms with E-state index in [9.17, 15) is 9.59 Å². The van der Waals surface area contributed by atoms with Gasteiger partial charge in [0.2, 0.25) is 6.79 Å². The highest BCUT2D eigenvalue weighted by atomic mass is 16.7. The van der Waals surface area contributed by atoms with Crippen molar-refractivity contribution in [1.29, 1.82) is 0 Å². The summed E-state index contributed by atoms with van der Waals surface area (Å²) in [7, 11) is 0. The number of hydrogen-bond acceptors (Lipinski definition) is 4. The highest BCUT2D eigenvalue weighted by Gasteiger charge is 2.51. The van der Waals surface area contributed by atoms with Crippen LogP contribution in [0.5, 0.6) is 0 Å². The lowest BCUT2D eigenvalue weighted by atomic mass is 10.1. The van der Waals surface area contributed by atoms with E-state index in [1.165, 1.54) is 0 Å². The fourth-order valence-electron chi connectivity index (χ4n) is 1.77. The van der Waals surface area contributed by atoms with Crippen molar-refractivity contribution in [3.63, 3.8) is 0 Å². The summed E-state index contributed by atoms with van der Waals surface area (Å²) in [4.78, 5) is 23.1. The minimum Gasteiger partial charge on any atom is -0.428 e. The molecule has 96 valence electrons. The van der Waals surface area contributed by atoms with Crippen LogP contribution in [0.25, 0.3) is 0 Å². The van der Waals surface area contributed by atoms with Crippen LogP contribution in [0, 0.1) is 11.3 Å². The smallest absolute Gasteiger partial charge is 0.340 e. The van der Waals surface area contributed by atoms with Crippen LogP contribution in [0.1, 0.15) is 30.6 Å². The first-order valence-electron chi connectivity index (χ1n) is 5.89. The van der Waals surface area contributed by atoms with E-state index in [0.29, 0.717) is 5.56 Å². The summed E-state index contributed by atoms with van der Waals surface area (Å²) in [5.74, 6) is -0.841. The molecule has 4 nitrogen and oxygen atoms in total. The third kappa shape index (κ3) is 2.88. The number of carbonyl (C=O) groups excluding carboxylic acids is 2. The van der Waals surface area contributed by atoms with Crippen LogP contribution in [0.15, 0.2) is 30.3 Å². The van der Waals surface area contributed by atoms with Crippen molar-refractivity contribution in [3.8, 4) is 0 Å². The molecule has 0 radical (unpaired) electrons. The number of carbonyl (C=O) groups is 2. The Morgan fingerprint density at radius 3 is 2.39 bits per heavy atom. The molecule has 1 saturated carbocycles. The van der Waals surface area contributed by atoms with Gasteiger partial charge in [-0.3, -0.25) is 4.79 Å². The molecular formula is C14H16O4. The molecule has 1 aromatic rings. The molecule has 0 saturated heterocycles. The molecule has 2 rings (SSSR count). The maximum absolute atomic E-state index is 11.5. The molecule has 0 amide bonds. The molecule has 0 N–H and O–H groups in total. The average Bonchev–Trinajstić information content (AvgIpc) is 2.99. The second-order valence-corrected chi connectivity index (χ2v) is 5.12. The van der Waals surface area contributed by atoms with Crippen molar-refractivity contribution in [2.24, 2.45) is 11.3 Å². The number of benzene rings is 1. The molecule has 0 aromatic heterocycles. The zero-order valence-corrected chi connectivity index (χ0v) is 10.5. The Morgan fingerprint density at radius 1 is 1.22 bits per heavy atom. The van der Waals surface area contributed by atoms with Crippen molar-refractivity contribution in [2.45, 2.75) is 20.3 Å². The topological polar surface area (TPSA) is 52.6 Å². The van der Waals surface area contributed by atoms with Crippen LogP contribution >= 0.6 is 0 Å². The molecule has 1 aliphatic rings. The fraction of sp³-hybridized carbons (Fsp3) is 0.429. The molecule has 18 heavy (non-hydrogen) atoms. The number of esters is 2. The second kappa shape index (κ2) is 4.80. The highest BCUT2D eigenvalue weighted by molar-refractivity contribution is 5.89. The van der Waals surface area contributed by atoms with Gasteiger partial charge in [-0.05, 0) is 24.0 Å². The summed E-state index contributed by atoms with van der Waals surface area (Å²) >= 11 is 0. The van der Waals surface area contributed by atoms with E-state index in [1.807, 2.05) is 19.9 Å². The Hall–Kier alpha value is -1.84. The Balaban J connectivity index is 1.73. The predicted molar refractivity (Wildman–Crippen MR) is 64.7 cm³/mol. The maximum Gasteiger partial charge on any atom is 0.340 e. The number of ether oxygens (including phenoxy) is 2. The van der Waals surface area contributed by atoms with Gasteiger partial charge in [-0.2, -0.15) is 0 Å². The van der Waals surface area contributed by atoms with Crippen LogP contribution in [-0.2, 0) is 14.3 Å². The van der Waals surface area contributed by atoms with Crippen molar-refractivity contribution >= 4 is 11.9 Å². The fourth-order valence-corrected chi connectivity index (χ4v) is 1.77. The molecule has 1 fully saturated rings. The minimum absolute atomic E-state index is 0.0283. The van der Waals surface area contributed by atoms with Gasteiger partial charge in [0.1, 0.15) is 0 Å². The summed E-state index contributed by atoms with van der Waals surface area (Å²) in [5.41, 5.74) is 0.473. The van der Waals surface area contributed by atoms with Gasteiger partial charge in [0, 0.05) is 0 Å². The van der Waals surface area contributed by atoms with E-state index in [4.69, 9.17) is 9.47 Å². The molecule has 1 unspecified atom stereocenters. The predicted octanol–water partition coefficient (Wildman–Crippen LogP) is 2.39. The molecule has 0 aliphatic heterocycles. The van der Waals surface area contributed by atoms with E-state index in [-0.39, 0.29) is 24.1 Å². The zero-order chi connectivity index (χ0) is 13.2. The lowest BCUT2D eigenvalue weighted by molar-refractivity contribution is -0.154. The molecule has 1 aromatic carbocycles. The Morgan fingerprint density at radius 2 is 1.83 bits per heavy atom. The van der Waals surface area contributed by atoms with E-state index in [0.717, 1.165) is 6.42 Å². The third-order valence-electron chi connectivity index (χ3n) is 3.20. The van der Waals surface area contributed by atoms with Crippen LogP contribution in [0.2, 0.25) is 0 Å². The van der Waals surface area contributed by atoms with Gasteiger partial charge in [0.15, 0.2) is 0 Å². The lowest BCUT2D eigenvalue weighted by Crippen LogP contribution is -2.15. The Kier molecular flexibility index (Phi) is 3.36. The molecule has 1 atom stereocenters. The SMILES string of the molecule is CC1(C)CC1C(=O)OCOC(=O)c1ccccc1. The van der Waals surface area contributed by atoms with Crippen LogP contribution in [0.3, 0.4) is 0 Å². The van der Waals surface area contributed by atoms with Gasteiger partial charge in [0.05, 0.1) is 11.5 Å². The maximum atomic E-state index is 11.5. The molecule has 0 bridgehead atoms. The first-order valence-corrected chi connectivity index (χ1v) is 5.89. The summed E-state index contributed by atoms with van der Waals surface area (Å²) < 4.78 is 9.77. The van der Waals surface area contributed by atoms with Crippen LogP contribution < -0.4 is 0 Å². The van der Waals surface area contributed by atoms with Crippen LogP contribution in [0.4, 0.5) is 0 Å². The summed E-state index contributed by atoms with van der Waals surface area (Å²) in [5, 5.41) is 0. The Bertz CT molecular complexity index is 450. The van der Waals surface area contributed by atoms with Gasteiger partial charge >= 0.3 is 11.9 Å². The second-order valence-electron chi connectivity index (χ2n) is 5.12. The molecule has 4 heteroatoms. The summed E-state index contributed by atoms with van der Waals surface area (Å²) in [6, 6.07) is 8.60. The van der Waals surface area contributed by atoms with Crippen molar-refractivity contribution < 1.29 is 19.1 Å². The van der Waals surface area contributed by atoms with E-state index < -0.39 is 5.97 Å². The van der Waals surface area contributed by atoms with Gasteiger partial charge in [0.25, 0.3) is 0 Å². The van der Waals surface area contributed by atoms with Gasteiger partial charge in [-0.25, -0.2) is 4.79 Å². The first kappa shape index (κ1) is 12.6. The molecule has 0 heterocycles. The number of rotatable bonds is 4. The van der Waals surface area contributed by atoms with Crippen molar-refractivity contribution in [3.05, 3.63) is 35.9 Å². The highest BCUT2D eigenvalue weighted by Crippen LogP contribution is 2.52. The van der Waals surface area contributed by atoms with Crippen molar-refractivity contribution in [2.75, 3.05) is 6.79 Å².